The smallest absolute Gasteiger partial charge is 0.242 e. The first kappa shape index (κ1) is 25.9. The molecule has 178 valence electrons. The van der Waals surface area contributed by atoms with Gasteiger partial charge in [-0.25, -0.2) is 0 Å². The maximum atomic E-state index is 13.3. The van der Waals surface area contributed by atoms with Gasteiger partial charge in [-0.15, -0.1) is 11.8 Å². The second kappa shape index (κ2) is 12.7. The molecule has 2 aromatic carbocycles. The van der Waals surface area contributed by atoms with Gasteiger partial charge in [0, 0.05) is 28.4 Å². The molecule has 0 radical (unpaired) electrons. The summed E-state index contributed by atoms with van der Waals surface area (Å²) in [6.45, 7) is 4.13. The van der Waals surface area contributed by atoms with E-state index < -0.39 is 6.04 Å². The molecule has 0 aliphatic heterocycles. The van der Waals surface area contributed by atoms with Gasteiger partial charge in [0.1, 0.15) is 6.04 Å². The Bertz CT molecular complexity index is 963. The van der Waals surface area contributed by atoms with Crippen molar-refractivity contribution >= 4 is 46.8 Å². The molecule has 1 N–H and O–H groups in total. The SMILES string of the molecule is Cc1ccccc1CSCC(=O)N(Cc1ccc(Cl)cc1Cl)C(C)C(=O)NC1CCCCC1. The molecule has 0 bridgehead atoms. The predicted octanol–water partition coefficient (Wildman–Crippen LogP) is 6.40. The van der Waals surface area contributed by atoms with Gasteiger partial charge in [-0.1, -0.05) is 72.8 Å². The maximum absolute atomic E-state index is 13.3. The van der Waals surface area contributed by atoms with E-state index in [1.807, 2.05) is 18.2 Å². The molecular formula is C26H32Cl2N2O2S. The number of amides is 2. The van der Waals surface area contributed by atoms with Crippen LogP contribution in [0, 0.1) is 6.92 Å². The van der Waals surface area contributed by atoms with Crippen LogP contribution in [0.2, 0.25) is 10.0 Å². The lowest BCUT2D eigenvalue weighted by Gasteiger charge is -2.31. The van der Waals surface area contributed by atoms with Gasteiger partial charge < -0.3 is 10.2 Å². The fraction of sp³-hybridized carbons (Fsp3) is 0.462. The molecule has 33 heavy (non-hydrogen) atoms. The molecule has 0 saturated heterocycles. The standard InChI is InChI=1S/C26H32Cl2N2O2S/c1-18-8-6-7-9-21(18)16-33-17-25(31)30(15-20-12-13-22(27)14-24(20)28)19(2)26(32)29-23-10-4-3-5-11-23/h6-9,12-14,19,23H,3-5,10-11,15-17H2,1-2H3,(H,29,32). The third-order valence-corrected chi connectivity index (χ3v) is 7.77. The van der Waals surface area contributed by atoms with Crippen LogP contribution < -0.4 is 5.32 Å². The Kier molecular flexibility index (Phi) is 9.96. The second-order valence-electron chi connectivity index (χ2n) is 8.70. The summed E-state index contributed by atoms with van der Waals surface area (Å²) < 4.78 is 0. The number of carbonyl (C=O) groups excluding carboxylic acids is 2. The largest absolute Gasteiger partial charge is 0.352 e. The van der Waals surface area contributed by atoms with Gasteiger partial charge in [-0.3, -0.25) is 9.59 Å². The molecular weight excluding hydrogens is 475 g/mol. The molecule has 7 heteroatoms. The number of benzene rings is 2. The Morgan fingerprint density at radius 1 is 1.09 bits per heavy atom. The van der Waals surface area contributed by atoms with Crippen molar-refractivity contribution < 1.29 is 9.59 Å². The van der Waals surface area contributed by atoms with Gasteiger partial charge in [-0.05, 0) is 55.5 Å². The number of nitrogens with zero attached hydrogens (tertiary/aromatic N) is 1. The van der Waals surface area contributed by atoms with Gasteiger partial charge in [0.15, 0.2) is 0 Å². The minimum Gasteiger partial charge on any atom is -0.352 e. The highest BCUT2D eigenvalue weighted by Gasteiger charge is 2.28. The molecule has 1 saturated carbocycles. The molecule has 2 aromatic rings. The van der Waals surface area contributed by atoms with E-state index in [-0.39, 0.29) is 24.4 Å². The number of halogens is 2. The number of hydrogen-bond acceptors (Lipinski definition) is 3. The van der Waals surface area contributed by atoms with Crippen molar-refractivity contribution in [1.82, 2.24) is 10.2 Å². The summed E-state index contributed by atoms with van der Waals surface area (Å²) in [6.07, 6.45) is 5.50. The Morgan fingerprint density at radius 3 is 2.52 bits per heavy atom. The summed E-state index contributed by atoms with van der Waals surface area (Å²) >= 11 is 14.0. The Labute approximate surface area is 211 Å². The lowest BCUT2D eigenvalue weighted by atomic mass is 9.95. The van der Waals surface area contributed by atoms with Gasteiger partial charge in [0.2, 0.25) is 11.8 Å². The minimum absolute atomic E-state index is 0.0779. The van der Waals surface area contributed by atoms with Crippen LogP contribution in [0.1, 0.15) is 55.7 Å². The number of thioether (sulfide) groups is 1. The Hall–Kier alpha value is -1.69. The van der Waals surface area contributed by atoms with E-state index in [4.69, 9.17) is 23.2 Å². The summed E-state index contributed by atoms with van der Waals surface area (Å²) in [7, 11) is 0. The zero-order valence-electron chi connectivity index (χ0n) is 19.3. The van der Waals surface area contributed by atoms with Crippen molar-refractivity contribution in [2.45, 2.75) is 70.3 Å². The maximum Gasteiger partial charge on any atom is 0.242 e. The van der Waals surface area contributed by atoms with Crippen LogP contribution in [0.5, 0.6) is 0 Å². The molecule has 0 aromatic heterocycles. The van der Waals surface area contributed by atoms with Crippen molar-refractivity contribution in [2.75, 3.05) is 5.75 Å². The van der Waals surface area contributed by atoms with Crippen molar-refractivity contribution in [1.29, 1.82) is 0 Å². The minimum atomic E-state index is -0.592. The first-order valence-electron chi connectivity index (χ1n) is 11.5. The normalized spacial score (nSPS) is 15.2. The van der Waals surface area contributed by atoms with Crippen LogP contribution >= 0.6 is 35.0 Å². The molecule has 3 rings (SSSR count). The monoisotopic (exact) mass is 506 g/mol. The Balaban J connectivity index is 1.69. The van der Waals surface area contributed by atoms with E-state index in [2.05, 4.69) is 24.4 Å². The van der Waals surface area contributed by atoms with E-state index in [1.54, 1.807) is 35.7 Å². The third-order valence-electron chi connectivity index (χ3n) is 6.22. The lowest BCUT2D eigenvalue weighted by molar-refractivity contribution is -0.139. The van der Waals surface area contributed by atoms with Gasteiger partial charge in [0.25, 0.3) is 0 Å². The van der Waals surface area contributed by atoms with Crippen LogP contribution in [-0.2, 0) is 21.9 Å². The zero-order chi connectivity index (χ0) is 23.8. The van der Waals surface area contributed by atoms with E-state index in [0.717, 1.165) is 37.0 Å². The average Bonchev–Trinajstić information content (AvgIpc) is 2.80. The third kappa shape index (κ3) is 7.66. The fourth-order valence-electron chi connectivity index (χ4n) is 4.09. The van der Waals surface area contributed by atoms with Gasteiger partial charge in [-0.2, -0.15) is 0 Å². The summed E-state index contributed by atoms with van der Waals surface area (Å²) in [5, 5.41) is 4.19. The predicted molar refractivity (Wildman–Crippen MR) is 139 cm³/mol. The lowest BCUT2D eigenvalue weighted by Crippen LogP contribution is -2.50. The molecule has 1 atom stereocenters. The van der Waals surface area contributed by atoms with Gasteiger partial charge >= 0.3 is 0 Å². The van der Waals surface area contributed by atoms with Crippen molar-refractivity contribution in [3.8, 4) is 0 Å². The number of hydrogen-bond donors (Lipinski definition) is 1. The topological polar surface area (TPSA) is 49.4 Å². The average molecular weight is 508 g/mol. The van der Waals surface area contributed by atoms with Crippen LogP contribution in [0.3, 0.4) is 0 Å². The van der Waals surface area contributed by atoms with Gasteiger partial charge in [0.05, 0.1) is 5.75 Å². The molecule has 1 aliphatic rings. The van der Waals surface area contributed by atoms with E-state index >= 15 is 0 Å². The summed E-state index contributed by atoms with van der Waals surface area (Å²) in [5.41, 5.74) is 3.20. The first-order chi connectivity index (χ1) is 15.8. The summed E-state index contributed by atoms with van der Waals surface area (Å²) in [6, 6.07) is 13.0. The highest BCUT2D eigenvalue weighted by atomic mass is 35.5. The quantitative estimate of drug-likeness (QED) is 0.427. The second-order valence-corrected chi connectivity index (χ2v) is 10.5. The van der Waals surface area contributed by atoms with E-state index in [1.165, 1.54) is 17.5 Å². The number of aryl methyl sites for hydroxylation is 1. The van der Waals surface area contributed by atoms with Crippen LogP contribution in [0.25, 0.3) is 0 Å². The first-order valence-corrected chi connectivity index (χ1v) is 13.4. The van der Waals surface area contributed by atoms with Crippen LogP contribution in [0.4, 0.5) is 0 Å². The van der Waals surface area contributed by atoms with E-state index in [0.29, 0.717) is 15.8 Å². The van der Waals surface area contributed by atoms with Crippen LogP contribution in [-0.4, -0.2) is 34.6 Å². The summed E-state index contributed by atoms with van der Waals surface area (Å²) in [5.74, 6) is 0.854. The van der Waals surface area contributed by atoms with Crippen molar-refractivity contribution in [2.24, 2.45) is 0 Å². The summed E-state index contributed by atoms with van der Waals surface area (Å²) in [4.78, 5) is 28.0. The highest BCUT2D eigenvalue weighted by molar-refractivity contribution is 7.99. The zero-order valence-corrected chi connectivity index (χ0v) is 21.6. The van der Waals surface area contributed by atoms with Crippen LogP contribution in [0.15, 0.2) is 42.5 Å². The van der Waals surface area contributed by atoms with Crippen molar-refractivity contribution in [3.63, 3.8) is 0 Å². The van der Waals surface area contributed by atoms with Crippen molar-refractivity contribution in [3.05, 3.63) is 69.2 Å². The Morgan fingerprint density at radius 2 is 1.82 bits per heavy atom. The number of rotatable bonds is 9. The molecule has 0 spiro atoms. The molecule has 0 heterocycles. The number of nitrogens with one attached hydrogen (secondary N) is 1. The van der Waals surface area contributed by atoms with E-state index in [9.17, 15) is 9.59 Å². The molecule has 2 amide bonds. The highest BCUT2D eigenvalue weighted by Crippen LogP contribution is 2.25. The number of carbonyl (C=O) groups is 2. The fourth-order valence-corrected chi connectivity index (χ4v) is 5.54. The molecule has 4 nitrogen and oxygen atoms in total. The molecule has 1 unspecified atom stereocenters. The molecule has 1 fully saturated rings. The molecule has 1 aliphatic carbocycles.